The number of rotatable bonds is 12. The number of carboxylic acids is 2. The van der Waals surface area contributed by atoms with E-state index in [0.29, 0.717) is 11.5 Å². The van der Waals surface area contributed by atoms with Gasteiger partial charge in [-0.05, 0) is 82.2 Å². The number of likely N-dealkylation sites (N-methyl/N-ethyl adjacent to an activating group) is 1. The summed E-state index contributed by atoms with van der Waals surface area (Å²) in [6.07, 6.45) is 6.41. The summed E-state index contributed by atoms with van der Waals surface area (Å²) < 4.78 is 5.97. The molecule has 0 saturated carbocycles. The summed E-state index contributed by atoms with van der Waals surface area (Å²) in [5.41, 5.74) is 5.04. The van der Waals surface area contributed by atoms with Crippen molar-refractivity contribution in [3.63, 3.8) is 0 Å². The van der Waals surface area contributed by atoms with Crippen LogP contribution in [0, 0.1) is 5.41 Å². The molecule has 1 unspecified atom stereocenters. The molecule has 7 nitrogen and oxygen atoms in total. The summed E-state index contributed by atoms with van der Waals surface area (Å²) in [5, 5.41) is 18.5. The van der Waals surface area contributed by atoms with Gasteiger partial charge in [0.1, 0.15) is 12.4 Å². The molecule has 1 aromatic rings. The van der Waals surface area contributed by atoms with Crippen molar-refractivity contribution in [2.24, 2.45) is 5.41 Å². The van der Waals surface area contributed by atoms with Gasteiger partial charge in [-0.15, -0.1) is 0 Å². The molecule has 1 aliphatic rings. The predicted molar refractivity (Wildman–Crippen MR) is 141 cm³/mol. The summed E-state index contributed by atoms with van der Waals surface area (Å²) in [4.78, 5) is 20.6. The average molecular weight is 491 g/mol. The normalized spacial score (nSPS) is 15.9. The summed E-state index contributed by atoms with van der Waals surface area (Å²) >= 11 is 0. The molecule has 1 aliphatic carbocycles. The Bertz CT molecular complexity index is 818. The number of allylic oxidation sites excluding steroid dienone is 2. The van der Waals surface area contributed by atoms with Crippen LogP contribution >= 0.6 is 0 Å². The number of hydrogen-bond donors (Lipinski definition) is 3. The van der Waals surface area contributed by atoms with Gasteiger partial charge in [0.15, 0.2) is 0 Å². The lowest BCUT2D eigenvalue weighted by molar-refractivity contribution is -0.159. The fourth-order valence-electron chi connectivity index (χ4n) is 4.56. The van der Waals surface area contributed by atoms with Gasteiger partial charge >= 0.3 is 11.9 Å². The molecule has 0 amide bonds. The highest BCUT2D eigenvalue weighted by Crippen LogP contribution is 2.42. The Morgan fingerprint density at radius 1 is 1.17 bits per heavy atom. The summed E-state index contributed by atoms with van der Waals surface area (Å²) in [6, 6.07) is 9.05. The van der Waals surface area contributed by atoms with Crippen LogP contribution in [-0.2, 0) is 16.1 Å². The van der Waals surface area contributed by atoms with Crippen molar-refractivity contribution in [2.75, 3.05) is 26.2 Å². The van der Waals surface area contributed by atoms with Crippen LogP contribution in [-0.4, -0.2) is 59.3 Å². The Kier molecular flexibility index (Phi) is 13.6. The minimum atomic E-state index is -1.82. The third-order valence-corrected chi connectivity index (χ3v) is 6.82. The van der Waals surface area contributed by atoms with Crippen molar-refractivity contribution in [1.82, 2.24) is 10.2 Å². The van der Waals surface area contributed by atoms with Crippen LogP contribution in [0.2, 0.25) is 0 Å². The van der Waals surface area contributed by atoms with Crippen LogP contribution in [0.4, 0.5) is 0 Å². The Morgan fingerprint density at radius 2 is 1.83 bits per heavy atom. The minimum absolute atomic E-state index is 0.388. The second kappa shape index (κ2) is 15.6. The molecule has 3 N–H and O–H groups in total. The van der Waals surface area contributed by atoms with Gasteiger partial charge in [-0.25, -0.2) is 9.59 Å². The van der Waals surface area contributed by atoms with Gasteiger partial charge in [0.05, 0.1) is 0 Å². The molecule has 0 heterocycles. The number of carboxylic acid groups (broad SMARTS) is 2. The molecule has 0 fully saturated rings. The highest BCUT2D eigenvalue weighted by atomic mass is 16.5. The fourth-order valence-corrected chi connectivity index (χ4v) is 4.56. The number of nitrogens with zero attached hydrogens (tertiary/aromatic N) is 1. The van der Waals surface area contributed by atoms with Crippen LogP contribution in [0.1, 0.15) is 79.2 Å². The zero-order valence-corrected chi connectivity index (χ0v) is 22.5. The van der Waals surface area contributed by atoms with Crippen molar-refractivity contribution < 1.29 is 24.5 Å². The van der Waals surface area contributed by atoms with E-state index in [1.54, 1.807) is 11.1 Å². The first-order chi connectivity index (χ1) is 16.5. The van der Waals surface area contributed by atoms with Gasteiger partial charge in [-0.1, -0.05) is 51.0 Å². The lowest BCUT2D eigenvalue weighted by Gasteiger charge is -2.35. The average Bonchev–Trinajstić information content (AvgIpc) is 2.80. The molecule has 0 bridgehead atoms. The number of carbonyl (C=O) groups is 2. The van der Waals surface area contributed by atoms with E-state index in [1.807, 2.05) is 0 Å². The smallest absolute Gasteiger partial charge is 0.414 e. The summed E-state index contributed by atoms with van der Waals surface area (Å²) in [6.45, 7) is 18.7. The number of ether oxygens (including phenoxy) is 1. The van der Waals surface area contributed by atoms with E-state index in [4.69, 9.17) is 24.5 Å². The molecular weight excluding hydrogens is 444 g/mol. The molecule has 2 rings (SSSR count). The number of benzene rings is 1. The first-order valence-corrected chi connectivity index (χ1v) is 12.8. The molecule has 1 atom stereocenters. The fraction of sp³-hybridized carbons (Fsp3) is 0.643. The molecular formula is C28H46N2O5. The standard InChI is InChI=1S/C26H44N2O.C2H2O4/c1-7-28(8-2)17-18-29-24-13-9-12-23(19-24)20-27-22(4)14-15-25-21(3)11-10-16-26(25,5)6;3-1(4)2(5)6/h9,12-13,19,22,27H,7-8,10-11,14-18,20H2,1-6H3;(H,3,4)(H,5,6). The van der Waals surface area contributed by atoms with Crippen LogP contribution in [0.25, 0.3) is 0 Å². The lowest BCUT2D eigenvalue weighted by Crippen LogP contribution is -2.28. The minimum Gasteiger partial charge on any atom is -0.492 e. The van der Waals surface area contributed by atoms with Gasteiger partial charge in [0.2, 0.25) is 0 Å². The van der Waals surface area contributed by atoms with Gasteiger partial charge < -0.3 is 25.2 Å². The van der Waals surface area contributed by atoms with Crippen molar-refractivity contribution in [1.29, 1.82) is 0 Å². The van der Waals surface area contributed by atoms with Crippen molar-refractivity contribution in [3.8, 4) is 5.75 Å². The van der Waals surface area contributed by atoms with Crippen LogP contribution in [0.15, 0.2) is 35.4 Å². The monoisotopic (exact) mass is 490 g/mol. The van der Waals surface area contributed by atoms with E-state index in [1.165, 1.54) is 37.7 Å². The van der Waals surface area contributed by atoms with E-state index in [-0.39, 0.29) is 0 Å². The van der Waals surface area contributed by atoms with Gasteiger partial charge in [0, 0.05) is 19.1 Å². The zero-order valence-electron chi connectivity index (χ0n) is 22.5. The molecule has 35 heavy (non-hydrogen) atoms. The maximum Gasteiger partial charge on any atom is 0.414 e. The molecule has 1 aromatic carbocycles. The van der Waals surface area contributed by atoms with E-state index >= 15 is 0 Å². The third-order valence-electron chi connectivity index (χ3n) is 6.82. The largest absolute Gasteiger partial charge is 0.492 e. The van der Waals surface area contributed by atoms with Gasteiger partial charge in [-0.2, -0.15) is 0 Å². The SMILES string of the molecule is CCN(CC)CCOc1cccc(CNC(C)CCC2=C(C)CCCC2(C)C)c1.O=C(O)C(=O)O. The molecule has 0 spiro atoms. The third kappa shape index (κ3) is 11.7. The second-order valence-electron chi connectivity index (χ2n) is 9.95. The molecule has 198 valence electrons. The highest BCUT2D eigenvalue weighted by molar-refractivity contribution is 6.27. The Hall–Kier alpha value is -2.38. The molecule has 7 heteroatoms. The zero-order chi connectivity index (χ0) is 26.4. The first-order valence-electron chi connectivity index (χ1n) is 12.8. The van der Waals surface area contributed by atoms with Crippen molar-refractivity contribution in [2.45, 2.75) is 86.2 Å². The number of hydrogen-bond acceptors (Lipinski definition) is 5. The van der Waals surface area contributed by atoms with Gasteiger partial charge in [-0.3, -0.25) is 0 Å². The van der Waals surface area contributed by atoms with Gasteiger partial charge in [0.25, 0.3) is 0 Å². The Morgan fingerprint density at radius 3 is 2.40 bits per heavy atom. The quantitative estimate of drug-likeness (QED) is 0.268. The van der Waals surface area contributed by atoms with Crippen LogP contribution in [0.5, 0.6) is 5.75 Å². The van der Waals surface area contributed by atoms with Crippen LogP contribution < -0.4 is 10.1 Å². The van der Waals surface area contributed by atoms with E-state index < -0.39 is 11.9 Å². The number of aliphatic carboxylic acids is 2. The number of nitrogens with one attached hydrogen (secondary N) is 1. The van der Waals surface area contributed by atoms with E-state index in [0.717, 1.165) is 38.5 Å². The molecule has 0 aliphatic heterocycles. The Labute approximate surface area is 211 Å². The predicted octanol–water partition coefficient (Wildman–Crippen LogP) is 5.35. The lowest BCUT2D eigenvalue weighted by atomic mass is 9.71. The molecule has 0 saturated heterocycles. The van der Waals surface area contributed by atoms with Crippen LogP contribution in [0.3, 0.4) is 0 Å². The molecule has 0 aromatic heterocycles. The van der Waals surface area contributed by atoms with E-state index in [9.17, 15) is 0 Å². The first kappa shape index (κ1) is 30.7. The van der Waals surface area contributed by atoms with E-state index in [2.05, 4.69) is 76.0 Å². The van der Waals surface area contributed by atoms with Crippen molar-refractivity contribution >= 4 is 11.9 Å². The van der Waals surface area contributed by atoms with Crippen molar-refractivity contribution in [3.05, 3.63) is 41.0 Å². The summed E-state index contributed by atoms with van der Waals surface area (Å²) in [7, 11) is 0. The maximum atomic E-state index is 9.10. The topological polar surface area (TPSA) is 99.1 Å². The Balaban J connectivity index is 0.000000905. The summed E-state index contributed by atoms with van der Waals surface area (Å²) in [5.74, 6) is -2.67. The second-order valence-corrected chi connectivity index (χ2v) is 9.95. The maximum absolute atomic E-state index is 9.10. The highest BCUT2D eigenvalue weighted by Gasteiger charge is 2.28. The molecule has 0 radical (unpaired) electrons.